The van der Waals surface area contributed by atoms with Gasteiger partial charge in [0.05, 0.1) is 0 Å². The van der Waals surface area contributed by atoms with Gasteiger partial charge in [-0.2, -0.15) is 5.10 Å². The predicted octanol–water partition coefficient (Wildman–Crippen LogP) is 1.54. The Morgan fingerprint density at radius 3 is 2.70 bits per heavy atom. The number of aryl methyl sites for hydroxylation is 2. The summed E-state index contributed by atoms with van der Waals surface area (Å²) in [7, 11) is -2.30. The molecule has 0 bridgehead atoms. The summed E-state index contributed by atoms with van der Waals surface area (Å²) < 4.78 is 27.8. The van der Waals surface area contributed by atoms with Crippen LogP contribution in [0.4, 0.5) is 5.82 Å². The van der Waals surface area contributed by atoms with Crippen LogP contribution in [0.1, 0.15) is 22.3 Å². The molecular weight excluding hydrogens is 302 g/mol. The first-order valence-electron chi connectivity index (χ1n) is 5.72. The molecule has 0 aliphatic carbocycles. The van der Waals surface area contributed by atoms with Crippen molar-refractivity contribution in [1.82, 2.24) is 9.78 Å². The quantitative estimate of drug-likeness (QED) is 0.871. The lowest BCUT2D eigenvalue weighted by Crippen LogP contribution is -2.12. The third-order valence-corrected chi connectivity index (χ3v) is 5.66. The molecule has 0 fully saturated rings. The standard InChI is InChI=1S/C11H13N3O4S2/c1-3-7-4-5-10(19-7)20(17,18)13-9-6-8(11(15)16)14(2)12-9/h4-6H,3H2,1-2H3,(H,12,13)(H,15,16). The zero-order valence-electron chi connectivity index (χ0n) is 10.8. The van der Waals surface area contributed by atoms with Gasteiger partial charge in [-0.15, -0.1) is 11.3 Å². The molecule has 0 atom stereocenters. The van der Waals surface area contributed by atoms with Gasteiger partial charge >= 0.3 is 5.97 Å². The first-order chi connectivity index (χ1) is 9.33. The summed E-state index contributed by atoms with van der Waals surface area (Å²) in [4.78, 5) is 11.8. The largest absolute Gasteiger partial charge is 0.477 e. The number of carboxylic acid groups (broad SMARTS) is 1. The number of aromatic nitrogens is 2. The van der Waals surface area contributed by atoms with E-state index in [-0.39, 0.29) is 15.7 Å². The Bertz CT molecular complexity index is 746. The van der Waals surface area contributed by atoms with E-state index in [4.69, 9.17) is 5.11 Å². The van der Waals surface area contributed by atoms with E-state index < -0.39 is 16.0 Å². The fourth-order valence-corrected chi connectivity index (χ4v) is 3.88. The van der Waals surface area contributed by atoms with Crippen LogP contribution in [0.2, 0.25) is 0 Å². The molecule has 2 rings (SSSR count). The molecule has 0 aromatic carbocycles. The minimum Gasteiger partial charge on any atom is -0.477 e. The highest BCUT2D eigenvalue weighted by Crippen LogP contribution is 2.24. The number of rotatable bonds is 5. The Hall–Kier alpha value is -1.87. The van der Waals surface area contributed by atoms with E-state index in [9.17, 15) is 13.2 Å². The number of hydrogen-bond acceptors (Lipinski definition) is 5. The number of carboxylic acids is 1. The number of sulfonamides is 1. The van der Waals surface area contributed by atoms with Crippen molar-refractivity contribution in [1.29, 1.82) is 0 Å². The van der Waals surface area contributed by atoms with E-state index in [1.54, 1.807) is 6.07 Å². The van der Waals surface area contributed by atoms with Gasteiger partial charge in [0, 0.05) is 18.0 Å². The van der Waals surface area contributed by atoms with Crippen LogP contribution in [0.15, 0.2) is 22.4 Å². The maximum absolute atomic E-state index is 12.1. The lowest BCUT2D eigenvalue weighted by molar-refractivity contribution is 0.0685. The van der Waals surface area contributed by atoms with E-state index >= 15 is 0 Å². The van der Waals surface area contributed by atoms with E-state index in [2.05, 4.69) is 9.82 Å². The zero-order chi connectivity index (χ0) is 14.9. The smallest absolute Gasteiger partial charge is 0.354 e. The fourth-order valence-electron chi connectivity index (χ4n) is 1.60. The first kappa shape index (κ1) is 14.5. The summed E-state index contributed by atoms with van der Waals surface area (Å²) in [5.74, 6) is -1.19. The highest BCUT2D eigenvalue weighted by Gasteiger charge is 2.20. The Balaban J connectivity index is 2.28. The second kappa shape index (κ2) is 5.25. The second-order valence-electron chi connectivity index (χ2n) is 4.02. The average Bonchev–Trinajstić information content (AvgIpc) is 2.95. The lowest BCUT2D eigenvalue weighted by atomic mass is 10.4. The molecule has 0 spiro atoms. The van der Waals surface area contributed by atoms with Gasteiger partial charge in [-0.05, 0) is 18.6 Å². The van der Waals surface area contributed by atoms with Gasteiger partial charge in [-0.3, -0.25) is 9.40 Å². The highest BCUT2D eigenvalue weighted by molar-refractivity contribution is 7.94. The number of thiophene rings is 1. The second-order valence-corrected chi connectivity index (χ2v) is 7.10. The fraction of sp³-hybridized carbons (Fsp3) is 0.273. The molecule has 20 heavy (non-hydrogen) atoms. The van der Waals surface area contributed by atoms with Crippen LogP contribution in [0.25, 0.3) is 0 Å². The SMILES string of the molecule is CCc1ccc(S(=O)(=O)Nc2cc(C(=O)O)n(C)n2)s1. The van der Waals surface area contributed by atoms with E-state index in [1.165, 1.54) is 30.5 Å². The van der Waals surface area contributed by atoms with Gasteiger partial charge in [-0.25, -0.2) is 13.2 Å². The molecule has 7 nitrogen and oxygen atoms in total. The molecule has 2 heterocycles. The molecule has 2 aromatic rings. The maximum Gasteiger partial charge on any atom is 0.354 e. The Kier molecular flexibility index (Phi) is 3.82. The molecule has 0 unspecified atom stereocenters. The Morgan fingerprint density at radius 1 is 1.50 bits per heavy atom. The third-order valence-electron chi connectivity index (χ3n) is 2.59. The summed E-state index contributed by atoms with van der Waals surface area (Å²) in [5, 5.41) is 12.7. The molecular formula is C11H13N3O4S2. The first-order valence-corrected chi connectivity index (χ1v) is 8.02. The van der Waals surface area contributed by atoms with Gasteiger partial charge in [-0.1, -0.05) is 6.92 Å². The van der Waals surface area contributed by atoms with E-state index in [1.807, 2.05) is 6.92 Å². The number of hydrogen-bond donors (Lipinski definition) is 2. The zero-order valence-corrected chi connectivity index (χ0v) is 12.5. The van der Waals surface area contributed by atoms with Gasteiger partial charge in [0.25, 0.3) is 10.0 Å². The summed E-state index contributed by atoms with van der Waals surface area (Å²) in [5.41, 5.74) is -0.0943. The number of nitrogens with one attached hydrogen (secondary N) is 1. The summed E-state index contributed by atoms with van der Waals surface area (Å²) >= 11 is 1.18. The molecule has 2 N–H and O–H groups in total. The van der Waals surface area contributed by atoms with Crippen molar-refractivity contribution < 1.29 is 18.3 Å². The average molecular weight is 315 g/mol. The van der Waals surface area contributed by atoms with Crippen molar-refractivity contribution in [3.05, 3.63) is 28.8 Å². The minimum absolute atomic E-state index is 0.0173. The molecule has 0 aliphatic heterocycles. The monoisotopic (exact) mass is 315 g/mol. The van der Waals surface area contributed by atoms with Crippen LogP contribution in [0.5, 0.6) is 0 Å². The normalized spacial score (nSPS) is 11.5. The summed E-state index contributed by atoms with van der Waals surface area (Å²) in [6, 6.07) is 4.45. The van der Waals surface area contributed by atoms with Crippen molar-refractivity contribution >= 4 is 33.1 Å². The van der Waals surface area contributed by atoms with Gasteiger partial charge in [0.2, 0.25) is 0 Å². The lowest BCUT2D eigenvalue weighted by Gasteiger charge is -2.01. The predicted molar refractivity (Wildman–Crippen MR) is 74.7 cm³/mol. The van der Waals surface area contributed by atoms with Gasteiger partial charge in [0.1, 0.15) is 9.90 Å². The number of nitrogens with zero attached hydrogens (tertiary/aromatic N) is 2. The number of anilines is 1. The molecule has 0 saturated carbocycles. The van der Waals surface area contributed by atoms with E-state index in [0.29, 0.717) is 0 Å². The maximum atomic E-state index is 12.1. The molecule has 2 aromatic heterocycles. The van der Waals surface area contributed by atoms with Gasteiger partial charge < -0.3 is 5.11 Å². The molecule has 0 radical (unpaired) electrons. The van der Waals surface area contributed by atoms with Gasteiger partial charge in [0.15, 0.2) is 5.82 Å². The molecule has 0 amide bonds. The van der Waals surface area contributed by atoms with Crippen molar-refractivity contribution in [2.24, 2.45) is 7.05 Å². The van der Waals surface area contributed by atoms with Crippen molar-refractivity contribution in [3.8, 4) is 0 Å². The van der Waals surface area contributed by atoms with Crippen LogP contribution in [0, 0.1) is 0 Å². The van der Waals surface area contributed by atoms with Crippen LogP contribution in [-0.4, -0.2) is 29.3 Å². The van der Waals surface area contributed by atoms with Crippen LogP contribution in [0.3, 0.4) is 0 Å². The minimum atomic E-state index is -3.73. The molecule has 9 heteroatoms. The van der Waals surface area contributed by atoms with Crippen LogP contribution < -0.4 is 4.72 Å². The topological polar surface area (TPSA) is 101 Å². The number of aromatic carboxylic acids is 1. The highest BCUT2D eigenvalue weighted by atomic mass is 32.2. The Labute approximate surface area is 119 Å². The number of carbonyl (C=O) groups is 1. The molecule has 0 aliphatic rings. The van der Waals surface area contributed by atoms with Crippen molar-refractivity contribution in [2.45, 2.75) is 17.6 Å². The summed E-state index contributed by atoms with van der Waals surface area (Å²) in [6.45, 7) is 1.94. The summed E-state index contributed by atoms with van der Waals surface area (Å²) in [6.07, 6.45) is 0.757. The Morgan fingerprint density at radius 2 is 2.20 bits per heavy atom. The van der Waals surface area contributed by atoms with Crippen LogP contribution in [-0.2, 0) is 23.5 Å². The van der Waals surface area contributed by atoms with Crippen molar-refractivity contribution in [2.75, 3.05) is 4.72 Å². The molecule has 0 saturated heterocycles. The third kappa shape index (κ3) is 2.83. The molecule has 108 valence electrons. The van der Waals surface area contributed by atoms with Crippen LogP contribution >= 0.6 is 11.3 Å². The van der Waals surface area contributed by atoms with E-state index in [0.717, 1.165) is 16.0 Å². The van der Waals surface area contributed by atoms with Crippen molar-refractivity contribution in [3.63, 3.8) is 0 Å².